The van der Waals surface area contributed by atoms with E-state index in [0.717, 1.165) is 23.3 Å². The molecule has 0 fully saturated rings. The molecule has 0 saturated carbocycles. The van der Waals surface area contributed by atoms with Crippen LogP contribution in [0.15, 0.2) is 72.8 Å². The van der Waals surface area contributed by atoms with Crippen LogP contribution < -0.4 is 0 Å². The second-order valence-electron chi connectivity index (χ2n) is 5.71. The molecule has 142 valence electrons. The number of nitro groups is 2. The highest BCUT2D eigenvalue weighted by Gasteiger charge is 2.21. The Morgan fingerprint density at radius 1 is 0.821 bits per heavy atom. The average molecular weight is 380 g/mol. The Balaban J connectivity index is 0.000000200. The summed E-state index contributed by atoms with van der Waals surface area (Å²) in [7, 11) is 0. The van der Waals surface area contributed by atoms with Gasteiger partial charge in [-0.3, -0.25) is 25.0 Å². The lowest BCUT2D eigenvalue weighted by molar-refractivity contribution is -0.394. The normalized spacial score (nSPS) is 9.75. The number of benzene rings is 3. The van der Waals surface area contributed by atoms with E-state index in [4.69, 9.17) is 0 Å². The highest BCUT2D eigenvalue weighted by atomic mass is 16.6. The van der Waals surface area contributed by atoms with Gasteiger partial charge >= 0.3 is 5.69 Å². The molecule has 0 bridgehead atoms. The van der Waals surface area contributed by atoms with Gasteiger partial charge in [-0.25, -0.2) is 0 Å². The number of aromatic hydroxyl groups is 1. The SMILES string of the molecule is Cc1cc([N+](=O)[O-])cc([N+](=O)[O-])c1O.O=C(c1ccccc1)c1ccccc1. The van der Waals surface area contributed by atoms with Crippen molar-refractivity contribution in [2.24, 2.45) is 0 Å². The van der Waals surface area contributed by atoms with Crippen molar-refractivity contribution in [3.05, 3.63) is 110 Å². The first-order valence-electron chi connectivity index (χ1n) is 8.08. The minimum absolute atomic E-state index is 0.0752. The first-order valence-corrected chi connectivity index (χ1v) is 8.08. The van der Waals surface area contributed by atoms with Crippen LogP contribution in [-0.4, -0.2) is 20.7 Å². The maximum Gasteiger partial charge on any atom is 0.317 e. The number of carbonyl (C=O) groups is 1. The van der Waals surface area contributed by atoms with E-state index < -0.39 is 27.0 Å². The second-order valence-corrected chi connectivity index (χ2v) is 5.71. The fourth-order valence-electron chi connectivity index (χ4n) is 2.33. The van der Waals surface area contributed by atoms with Crippen LogP contribution in [0, 0.1) is 27.2 Å². The van der Waals surface area contributed by atoms with Crippen LogP contribution in [0.5, 0.6) is 5.75 Å². The van der Waals surface area contributed by atoms with E-state index in [1.54, 1.807) is 0 Å². The van der Waals surface area contributed by atoms with E-state index in [0.29, 0.717) is 0 Å². The molecule has 3 aromatic carbocycles. The Morgan fingerprint density at radius 2 is 1.29 bits per heavy atom. The van der Waals surface area contributed by atoms with Crippen molar-refractivity contribution in [3.63, 3.8) is 0 Å². The molecular formula is C20H16N2O6. The van der Waals surface area contributed by atoms with Crippen LogP contribution >= 0.6 is 0 Å². The number of aryl methyl sites for hydroxylation is 1. The molecule has 3 rings (SSSR count). The van der Waals surface area contributed by atoms with E-state index in [1.165, 1.54) is 6.92 Å². The van der Waals surface area contributed by atoms with Gasteiger partial charge in [0.15, 0.2) is 11.5 Å². The fourth-order valence-corrected chi connectivity index (χ4v) is 2.33. The van der Waals surface area contributed by atoms with Gasteiger partial charge in [-0.1, -0.05) is 60.7 Å². The number of rotatable bonds is 4. The van der Waals surface area contributed by atoms with Gasteiger partial charge in [0.05, 0.1) is 15.9 Å². The third-order valence-electron chi connectivity index (χ3n) is 3.74. The number of carbonyl (C=O) groups excluding carboxylic acids is 1. The van der Waals surface area contributed by atoms with E-state index >= 15 is 0 Å². The summed E-state index contributed by atoms with van der Waals surface area (Å²) in [6, 6.07) is 20.4. The predicted octanol–water partition coefficient (Wildman–Crippen LogP) is 4.43. The van der Waals surface area contributed by atoms with E-state index in [2.05, 4.69) is 0 Å². The average Bonchev–Trinajstić information content (AvgIpc) is 2.70. The topological polar surface area (TPSA) is 124 Å². The lowest BCUT2D eigenvalue weighted by Crippen LogP contribution is -1.99. The number of hydrogen-bond acceptors (Lipinski definition) is 6. The molecule has 3 aromatic rings. The van der Waals surface area contributed by atoms with Crippen LogP contribution in [0.1, 0.15) is 21.5 Å². The number of nitro benzene ring substituents is 2. The largest absolute Gasteiger partial charge is 0.502 e. The molecule has 0 radical (unpaired) electrons. The first-order chi connectivity index (χ1) is 13.3. The summed E-state index contributed by atoms with van der Waals surface area (Å²) in [5.41, 5.74) is 0.506. The fraction of sp³-hybridized carbons (Fsp3) is 0.0500. The maximum absolute atomic E-state index is 11.8. The monoisotopic (exact) mass is 380 g/mol. The summed E-state index contributed by atoms with van der Waals surface area (Å²) < 4.78 is 0. The van der Waals surface area contributed by atoms with Crippen LogP contribution in [0.2, 0.25) is 0 Å². The predicted molar refractivity (Wildman–Crippen MR) is 102 cm³/mol. The molecule has 0 saturated heterocycles. The van der Waals surface area contributed by atoms with E-state index in [1.807, 2.05) is 60.7 Å². The first kappa shape index (κ1) is 20.2. The Bertz CT molecular complexity index is 962. The summed E-state index contributed by atoms with van der Waals surface area (Å²) in [4.78, 5) is 30.9. The quantitative estimate of drug-likeness (QED) is 0.405. The third kappa shape index (κ3) is 4.98. The van der Waals surface area contributed by atoms with Gasteiger partial charge in [0.25, 0.3) is 5.69 Å². The lowest BCUT2D eigenvalue weighted by atomic mass is 10.0. The van der Waals surface area contributed by atoms with Crippen LogP contribution in [0.4, 0.5) is 11.4 Å². The van der Waals surface area contributed by atoms with Crippen LogP contribution in [-0.2, 0) is 0 Å². The molecular weight excluding hydrogens is 364 g/mol. The zero-order valence-electron chi connectivity index (χ0n) is 14.8. The van der Waals surface area contributed by atoms with E-state index in [-0.39, 0.29) is 11.3 Å². The third-order valence-corrected chi connectivity index (χ3v) is 3.74. The Morgan fingerprint density at radius 3 is 1.68 bits per heavy atom. The summed E-state index contributed by atoms with van der Waals surface area (Å²) in [5.74, 6) is -0.466. The molecule has 8 nitrogen and oxygen atoms in total. The van der Waals surface area contributed by atoms with Crippen molar-refractivity contribution >= 4 is 17.2 Å². The molecule has 0 atom stereocenters. The lowest BCUT2D eigenvalue weighted by Gasteiger charge is -1.99. The van der Waals surface area contributed by atoms with Gasteiger partial charge in [0.2, 0.25) is 0 Å². The van der Waals surface area contributed by atoms with Gasteiger partial charge in [-0.05, 0) is 6.92 Å². The van der Waals surface area contributed by atoms with E-state index in [9.17, 15) is 30.1 Å². The maximum atomic E-state index is 11.8. The Hall–Kier alpha value is -4.07. The molecule has 0 aliphatic carbocycles. The van der Waals surface area contributed by atoms with Crippen molar-refractivity contribution in [1.29, 1.82) is 0 Å². The van der Waals surface area contributed by atoms with Gasteiger partial charge in [0, 0.05) is 22.8 Å². The van der Waals surface area contributed by atoms with Gasteiger partial charge in [0.1, 0.15) is 0 Å². The van der Waals surface area contributed by atoms with Crippen LogP contribution in [0.25, 0.3) is 0 Å². The minimum Gasteiger partial charge on any atom is -0.502 e. The molecule has 0 amide bonds. The summed E-state index contributed by atoms with van der Waals surface area (Å²) in [6.07, 6.45) is 0. The summed E-state index contributed by atoms with van der Waals surface area (Å²) in [5, 5.41) is 29.9. The Labute approximate surface area is 160 Å². The summed E-state index contributed by atoms with van der Waals surface area (Å²) >= 11 is 0. The highest BCUT2D eigenvalue weighted by Crippen LogP contribution is 2.33. The van der Waals surface area contributed by atoms with Crippen molar-refractivity contribution in [1.82, 2.24) is 0 Å². The Kier molecular flexibility index (Phi) is 6.53. The van der Waals surface area contributed by atoms with Gasteiger partial charge in [-0.2, -0.15) is 0 Å². The number of ketones is 1. The smallest absolute Gasteiger partial charge is 0.317 e. The number of phenolic OH excluding ortho intramolecular Hbond substituents is 1. The zero-order chi connectivity index (χ0) is 20.7. The van der Waals surface area contributed by atoms with Gasteiger partial charge in [-0.15, -0.1) is 0 Å². The molecule has 0 unspecified atom stereocenters. The molecule has 8 heteroatoms. The van der Waals surface area contributed by atoms with Crippen molar-refractivity contribution in [2.45, 2.75) is 6.92 Å². The molecule has 0 spiro atoms. The molecule has 1 N–H and O–H groups in total. The molecule has 0 aromatic heterocycles. The number of hydrogen-bond donors (Lipinski definition) is 1. The summed E-state index contributed by atoms with van der Waals surface area (Å²) in [6.45, 7) is 1.36. The number of phenols is 1. The molecule has 0 aliphatic rings. The van der Waals surface area contributed by atoms with Crippen molar-refractivity contribution in [3.8, 4) is 5.75 Å². The van der Waals surface area contributed by atoms with Gasteiger partial charge < -0.3 is 5.11 Å². The minimum atomic E-state index is -0.866. The van der Waals surface area contributed by atoms with Crippen LogP contribution in [0.3, 0.4) is 0 Å². The molecule has 0 aliphatic heterocycles. The number of nitrogens with zero attached hydrogens (tertiary/aromatic N) is 2. The molecule has 28 heavy (non-hydrogen) atoms. The van der Waals surface area contributed by atoms with Crippen molar-refractivity contribution in [2.75, 3.05) is 0 Å². The molecule has 0 heterocycles. The number of non-ortho nitro benzene ring substituents is 1. The standard InChI is InChI=1S/C13H10O.C7H6N2O5/c14-13(11-7-3-1-4-8-11)12-9-5-2-6-10-12;1-4-2-5(8(11)12)3-6(7(4)10)9(13)14/h1-10H;2-3,10H,1H3. The second kappa shape index (κ2) is 9.04. The highest BCUT2D eigenvalue weighted by molar-refractivity contribution is 6.08. The van der Waals surface area contributed by atoms with Crippen molar-refractivity contribution < 1.29 is 19.7 Å². The zero-order valence-corrected chi connectivity index (χ0v) is 14.8.